The van der Waals surface area contributed by atoms with Crippen molar-refractivity contribution in [3.05, 3.63) is 35.9 Å². The molecule has 4 heteroatoms. The Morgan fingerprint density at radius 3 is 2.33 bits per heavy atom. The molecule has 0 aromatic heterocycles. The zero-order valence-electron chi connectivity index (χ0n) is 10.3. The fraction of sp³-hybridized carbons (Fsp3) is 0.429. The van der Waals surface area contributed by atoms with Gasteiger partial charge in [-0.05, 0) is 18.4 Å². The van der Waals surface area contributed by atoms with Gasteiger partial charge in [0.15, 0.2) is 0 Å². The fourth-order valence-electron chi connectivity index (χ4n) is 2.41. The molecule has 0 bridgehead atoms. The van der Waals surface area contributed by atoms with E-state index in [0.29, 0.717) is 0 Å². The number of nitrogens with two attached hydrogens (primary N) is 1. The van der Waals surface area contributed by atoms with Crippen LogP contribution in [0.25, 0.3) is 0 Å². The summed E-state index contributed by atoms with van der Waals surface area (Å²) in [5.74, 6) is -0.539. The molecule has 18 heavy (non-hydrogen) atoms. The molecule has 1 aromatic rings. The molecule has 1 aliphatic rings. The Kier molecular flexibility index (Phi) is 3.97. The molecule has 0 unspecified atom stereocenters. The minimum absolute atomic E-state index is 0.0376. The van der Waals surface area contributed by atoms with Gasteiger partial charge in [-0.25, -0.2) is 0 Å². The van der Waals surface area contributed by atoms with Gasteiger partial charge in [0.25, 0.3) is 0 Å². The summed E-state index contributed by atoms with van der Waals surface area (Å²) in [5, 5.41) is 2.76. The number of hydrogen-bond acceptors (Lipinski definition) is 2. The average Bonchev–Trinajstić information content (AvgIpc) is 2.90. The van der Waals surface area contributed by atoms with Crippen molar-refractivity contribution in [2.24, 2.45) is 11.7 Å². The smallest absolute Gasteiger partial charge is 0.244 e. The number of nitrogens with one attached hydrogen (secondary N) is 1. The highest BCUT2D eigenvalue weighted by Gasteiger charge is 2.27. The molecule has 1 aromatic carbocycles. The quantitative estimate of drug-likeness (QED) is 0.845. The topological polar surface area (TPSA) is 72.2 Å². The Labute approximate surface area is 107 Å². The third kappa shape index (κ3) is 2.88. The lowest BCUT2D eigenvalue weighted by molar-refractivity contribution is -0.129. The number of benzene rings is 1. The van der Waals surface area contributed by atoms with Gasteiger partial charge >= 0.3 is 0 Å². The molecule has 1 aliphatic carbocycles. The minimum atomic E-state index is -0.723. The fourth-order valence-corrected chi connectivity index (χ4v) is 2.41. The van der Waals surface area contributed by atoms with Crippen LogP contribution >= 0.6 is 0 Å². The van der Waals surface area contributed by atoms with E-state index in [0.717, 1.165) is 31.2 Å². The molecule has 0 spiro atoms. The first-order valence-corrected chi connectivity index (χ1v) is 6.33. The van der Waals surface area contributed by atoms with Crippen molar-refractivity contribution in [3.63, 3.8) is 0 Å². The van der Waals surface area contributed by atoms with Crippen LogP contribution in [0.3, 0.4) is 0 Å². The third-order valence-electron chi connectivity index (χ3n) is 3.43. The van der Waals surface area contributed by atoms with Gasteiger partial charge in [0.1, 0.15) is 6.04 Å². The summed E-state index contributed by atoms with van der Waals surface area (Å²) in [6.07, 6.45) is 3.99. The van der Waals surface area contributed by atoms with Crippen LogP contribution < -0.4 is 11.1 Å². The van der Waals surface area contributed by atoms with Gasteiger partial charge in [0.05, 0.1) is 0 Å². The van der Waals surface area contributed by atoms with E-state index in [1.54, 1.807) is 12.1 Å². The van der Waals surface area contributed by atoms with Crippen LogP contribution in [0.1, 0.15) is 37.3 Å². The van der Waals surface area contributed by atoms with Crippen molar-refractivity contribution in [2.75, 3.05) is 0 Å². The van der Waals surface area contributed by atoms with Gasteiger partial charge < -0.3 is 11.1 Å². The molecule has 3 N–H and O–H groups in total. The molecule has 0 saturated heterocycles. The van der Waals surface area contributed by atoms with Crippen LogP contribution in [0.5, 0.6) is 0 Å². The molecule has 2 amide bonds. The highest BCUT2D eigenvalue weighted by Crippen LogP contribution is 2.25. The average molecular weight is 246 g/mol. The highest BCUT2D eigenvalue weighted by molar-refractivity contribution is 5.88. The summed E-state index contributed by atoms with van der Waals surface area (Å²) < 4.78 is 0. The zero-order chi connectivity index (χ0) is 13.0. The first kappa shape index (κ1) is 12.6. The Hall–Kier alpha value is -1.84. The maximum atomic E-state index is 12.0. The minimum Gasteiger partial charge on any atom is -0.368 e. The van der Waals surface area contributed by atoms with E-state index in [-0.39, 0.29) is 11.8 Å². The molecule has 1 atom stereocenters. The summed E-state index contributed by atoms with van der Waals surface area (Å²) in [7, 11) is 0. The first-order chi connectivity index (χ1) is 8.68. The van der Waals surface area contributed by atoms with E-state index in [4.69, 9.17) is 5.73 Å². The third-order valence-corrected chi connectivity index (χ3v) is 3.43. The second kappa shape index (κ2) is 5.67. The predicted octanol–water partition coefficient (Wildman–Crippen LogP) is 1.52. The largest absolute Gasteiger partial charge is 0.368 e. The SMILES string of the molecule is NC(=O)[C@@H](NC(=O)C1CCCC1)c1ccccc1. The van der Waals surface area contributed by atoms with Crippen LogP contribution in [0.2, 0.25) is 0 Å². The second-order valence-corrected chi connectivity index (χ2v) is 4.74. The van der Waals surface area contributed by atoms with Crippen molar-refractivity contribution in [1.82, 2.24) is 5.32 Å². The molecule has 0 aliphatic heterocycles. The van der Waals surface area contributed by atoms with E-state index in [1.165, 1.54) is 0 Å². The Morgan fingerprint density at radius 1 is 1.17 bits per heavy atom. The van der Waals surface area contributed by atoms with Crippen molar-refractivity contribution < 1.29 is 9.59 Å². The maximum absolute atomic E-state index is 12.0. The van der Waals surface area contributed by atoms with Gasteiger partial charge in [-0.1, -0.05) is 43.2 Å². The monoisotopic (exact) mass is 246 g/mol. The van der Waals surface area contributed by atoms with Gasteiger partial charge in [0.2, 0.25) is 11.8 Å². The van der Waals surface area contributed by atoms with E-state index < -0.39 is 11.9 Å². The summed E-state index contributed by atoms with van der Waals surface area (Å²) in [6.45, 7) is 0. The molecule has 1 fully saturated rings. The number of primary amides is 1. The van der Waals surface area contributed by atoms with Gasteiger partial charge in [-0.3, -0.25) is 9.59 Å². The standard InChI is InChI=1S/C14H18N2O2/c15-13(17)12(10-6-2-1-3-7-10)16-14(18)11-8-4-5-9-11/h1-3,6-7,11-12H,4-5,8-9H2,(H2,15,17)(H,16,18)/t12-/m0/s1. The van der Waals surface area contributed by atoms with Gasteiger partial charge in [-0.2, -0.15) is 0 Å². The highest BCUT2D eigenvalue weighted by atomic mass is 16.2. The van der Waals surface area contributed by atoms with Crippen molar-refractivity contribution in [1.29, 1.82) is 0 Å². The second-order valence-electron chi connectivity index (χ2n) is 4.74. The lowest BCUT2D eigenvalue weighted by Crippen LogP contribution is -2.39. The van der Waals surface area contributed by atoms with Crippen LogP contribution in [-0.4, -0.2) is 11.8 Å². The molecular weight excluding hydrogens is 228 g/mol. The van der Waals surface area contributed by atoms with Crippen molar-refractivity contribution in [3.8, 4) is 0 Å². The van der Waals surface area contributed by atoms with E-state index in [2.05, 4.69) is 5.32 Å². The molecule has 0 radical (unpaired) electrons. The molecule has 96 valence electrons. The van der Waals surface area contributed by atoms with Crippen LogP contribution in [0, 0.1) is 5.92 Å². The van der Waals surface area contributed by atoms with Crippen molar-refractivity contribution in [2.45, 2.75) is 31.7 Å². The lowest BCUT2D eigenvalue weighted by Gasteiger charge is -2.18. The number of rotatable bonds is 4. The number of amides is 2. The lowest BCUT2D eigenvalue weighted by atomic mass is 10.0. The maximum Gasteiger partial charge on any atom is 0.244 e. The number of carbonyl (C=O) groups is 2. The molecule has 2 rings (SSSR count). The molecule has 0 heterocycles. The summed E-state index contributed by atoms with van der Waals surface area (Å²) >= 11 is 0. The zero-order valence-corrected chi connectivity index (χ0v) is 10.3. The Bertz CT molecular complexity index is 425. The predicted molar refractivity (Wildman–Crippen MR) is 68.5 cm³/mol. The van der Waals surface area contributed by atoms with E-state index in [1.807, 2.05) is 18.2 Å². The van der Waals surface area contributed by atoms with E-state index in [9.17, 15) is 9.59 Å². The molecular formula is C14H18N2O2. The normalized spacial score (nSPS) is 17.3. The Balaban J connectivity index is 2.07. The molecule has 1 saturated carbocycles. The Morgan fingerprint density at radius 2 is 1.78 bits per heavy atom. The van der Waals surface area contributed by atoms with E-state index >= 15 is 0 Å². The first-order valence-electron chi connectivity index (χ1n) is 6.33. The molecule has 4 nitrogen and oxygen atoms in total. The van der Waals surface area contributed by atoms with Crippen LogP contribution in [0.4, 0.5) is 0 Å². The van der Waals surface area contributed by atoms with Gasteiger partial charge in [0, 0.05) is 5.92 Å². The van der Waals surface area contributed by atoms with Crippen molar-refractivity contribution >= 4 is 11.8 Å². The summed E-state index contributed by atoms with van der Waals surface area (Å²) in [4.78, 5) is 23.5. The number of carbonyl (C=O) groups excluding carboxylic acids is 2. The van der Waals surface area contributed by atoms with Gasteiger partial charge in [-0.15, -0.1) is 0 Å². The van der Waals surface area contributed by atoms with Crippen LogP contribution in [0.15, 0.2) is 30.3 Å². The summed E-state index contributed by atoms with van der Waals surface area (Å²) in [6, 6.07) is 8.38. The van der Waals surface area contributed by atoms with Crippen LogP contribution in [-0.2, 0) is 9.59 Å². The summed E-state index contributed by atoms with van der Waals surface area (Å²) in [5.41, 5.74) is 6.09. The number of hydrogen-bond donors (Lipinski definition) is 2.